The summed E-state index contributed by atoms with van der Waals surface area (Å²) in [7, 11) is 1.80. The van der Waals surface area contributed by atoms with Gasteiger partial charge in [0.1, 0.15) is 18.0 Å². The number of carboxylic acid groups (broad SMARTS) is 1. The first-order valence-corrected chi connectivity index (χ1v) is 11.0. The highest BCUT2D eigenvalue weighted by molar-refractivity contribution is 5.95. The third-order valence-corrected chi connectivity index (χ3v) is 5.58. The maximum absolute atomic E-state index is 12.9. The van der Waals surface area contributed by atoms with Crippen molar-refractivity contribution in [2.45, 2.75) is 13.0 Å². The zero-order valence-corrected chi connectivity index (χ0v) is 18.9. The lowest BCUT2D eigenvalue weighted by Gasteiger charge is -2.18. The summed E-state index contributed by atoms with van der Waals surface area (Å²) < 4.78 is 7.80. The number of aromatic nitrogens is 1. The molecule has 0 saturated carbocycles. The Morgan fingerprint density at radius 3 is 2.38 bits per heavy atom. The smallest absolute Gasteiger partial charge is 0.328 e. The average molecular weight is 455 g/mol. The van der Waals surface area contributed by atoms with Crippen LogP contribution in [-0.4, -0.2) is 40.0 Å². The number of rotatable bonds is 9. The van der Waals surface area contributed by atoms with Crippen LogP contribution in [0.25, 0.3) is 17.0 Å². The molecule has 0 saturated heterocycles. The number of benzene rings is 3. The minimum atomic E-state index is -1.03. The van der Waals surface area contributed by atoms with E-state index in [2.05, 4.69) is 0 Å². The Morgan fingerprint density at radius 1 is 0.971 bits per heavy atom. The molecule has 0 spiro atoms. The number of hydrogen-bond acceptors (Lipinski definition) is 3. The molecule has 0 unspecified atom stereocenters. The lowest BCUT2D eigenvalue weighted by Crippen LogP contribution is -2.31. The van der Waals surface area contributed by atoms with Gasteiger partial charge >= 0.3 is 5.97 Å². The Morgan fingerprint density at radius 2 is 1.68 bits per heavy atom. The summed E-state index contributed by atoms with van der Waals surface area (Å²) >= 11 is 0. The van der Waals surface area contributed by atoms with Crippen molar-refractivity contribution < 1.29 is 19.4 Å². The molecule has 0 fully saturated rings. The first-order valence-electron chi connectivity index (χ1n) is 11.0. The Bertz CT molecular complexity index is 1310. The molecule has 1 aromatic heterocycles. The average Bonchev–Trinajstić information content (AvgIpc) is 3.19. The minimum Gasteiger partial charge on any atom is -0.478 e. The van der Waals surface area contributed by atoms with Crippen LogP contribution >= 0.6 is 0 Å². The molecule has 4 rings (SSSR count). The van der Waals surface area contributed by atoms with Crippen molar-refractivity contribution in [3.8, 4) is 11.5 Å². The highest BCUT2D eigenvalue weighted by Gasteiger charge is 2.14. The second-order valence-corrected chi connectivity index (χ2v) is 8.03. The van der Waals surface area contributed by atoms with Gasteiger partial charge < -0.3 is 19.3 Å². The summed E-state index contributed by atoms with van der Waals surface area (Å²) in [6, 6.07) is 25.1. The number of carboxylic acids is 1. The van der Waals surface area contributed by atoms with Gasteiger partial charge in [-0.25, -0.2) is 4.79 Å². The van der Waals surface area contributed by atoms with Crippen molar-refractivity contribution in [3.05, 3.63) is 102 Å². The second kappa shape index (κ2) is 10.5. The summed E-state index contributed by atoms with van der Waals surface area (Å²) in [5.74, 6) is 0.285. The lowest BCUT2D eigenvalue weighted by atomic mass is 10.1. The van der Waals surface area contributed by atoms with Crippen LogP contribution in [0, 0.1) is 0 Å². The fourth-order valence-corrected chi connectivity index (χ4v) is 3.75. The molecule has 4 aromatic rings. The molecule has 172 valence electrons. The topological polar surface area (TPSA) is 71.8 Å². The van der Waals surface area contributed by atoms with Crippen LogP contribution in [0.3, 0.4) is 0 Å². The van der Waals surface area contributed by atoms with Gasteiger partial charge in [-0.1, -0.05) is 48.5 Å². The summed E-state index contributed by atoms with van der Waals surface area (Å²) in [6.45, 7) is 0.768. The molecule has 0 radical (unpaired) electrons. The van der Waals surface area contributed by atoms with Crippen LogP contribution in [0.15, 0.2) is 91.1 Å². The van der Waals surface area contributed by atoms with E-state index < -0.39 is 5.97 Å². The highest BCUT2D eigenvalue weighted by atomic mass is 16.5. The second-order valence-electron chi connectivity index (χ2n) is 8.03. The third kappa shape index (κ3) is 5.72. The van der Waals surface area contributed by atoms with Crippen LogP contribution in [-0.2, 0) is 22.6 Å². The van der Waals surface area contributed by atoms with Crippen LogP contribution < -0.4 is 4.74 Å². The van der Waals surface area contributed by atoms with Gasteiger partial charge in [0.15, 0.2) is 0 Å². The van der Waals surface area contributed by atoms with Gasteiger partial charge in [-0.3, -0.25) is 4.79 Å². The molecule has 3 aromatic carbocycles. The van der Waals surface area contributed by atoms with E-state index in [-0.39, 0.29) is 12.5 Å². The number of amides is 1. The van der Waals surface area contributed by atoms with Gasteiger partial charge in [0.25, 0.3) is 0 Å². The van der Waals surface area contributed by atoms with Crippen molar-refractivity contribution in [3.63, 3.8) is 0 Å². The lowest BCUT2D eigenvalue weighted by molar-refractivity contribution is -0.131. The number of likely N-dealkylation sites (N-methyl/N-ethyl adjacent to an activating group) is 1. The van der Waals surface area contributed by atoms with Crippen molar-refractivity contribution >= 4 is 28.9 Å². The molecule has 1 heterocycles. The predicted molar refractivity (Wildman–Crippen MR) is 133 cm³/mol. The number of para-hydroxylation sites is 1. The van der Waals surface area contributed by atoms with E-state index in [1.165, 1.54) is 11.6 Å². The summed E-state index contributed by atoms with van der Waals surface area (Å²) in [6.07, 6.45) is 5.22. The molecule has 0 bridgehead atoms. The van der Waals surface area contributed by atoms with E-state index in [1.54, 1.807) is 18.1 Å². The number of fused-ring (bicyclic) bond motifs is 1. The van der Waals surface area contributed by atoms with Crippen molar-refractivity contribution in [2.75, 3.05) is 13.6 Å². The Kier molecular flexibility index (Phi) is 7.08. The van der Waals surface area contributed by atoms with E-state index in [0.29, 0.717) is 23.6 Å². The molecule has 0 aliphatic heterocycles. The quantitative estimate of drug-likeness (QED) is 0.352. The van der Waals surface area contributed by atoms with E-state index in [4.69, 9.17) is 9.84 Å². The first kappa shape index (κ1) is 22.9. The molecular weight excluding hydrogens is 428 g/mol. The molecular formula is C28H26N2O4. The fourth-order valence-electron chi connectivity index (χ4n) is 3.75. The number of ether oxygens (including phenoxy) is 1. The number of nitrogens with zero attached hydrogens (tertiary/aromatic N) is 2. The van der Waals surface area contributed by atoms with E-state index in [1.807, 2.05) is 83.4 Å². The van der Waals surface area contributed by atoms with Crippen LogP contribution in [0.1, 0.15) is 11.1 Å². The Hall–Kier alpha value is -4.32. The molecule has 0 aliphatic carbocycles. The first-order chi connectivity index (χ1) is 16.5. The third-order valence-electron chi connectivity index (χ3n) is 5.58. The van der Waals surface area contributed by atoms with Gasteiger partial charge in [0.05, 0.1) is 0 Å². The van der Waals surface area contributed by atoms with Crippen molar-refractivity contribution in [2.24, 2.45) is 0 Å². The van der Waals surface area contributed by atoms with E-state index >= 15 is 0 Å². The molecule has 1 amide bonds. The predicted octanol–water partition coefficient (Wildman–Crippen LogP) is 5.23. The van der Waals surface area contributed by atoms with Gasteiger partial charge in [0, 0.05) is 42.3 Å². The fraction of sp³-hybridized carbons (Fsp3) is 0.143. The highest BCUT2D eigenvalue weighted by Crippen LogP contribution is 2.30. The van der Waals surface area contributed by atoms with Crippen LogP contribution in [0.4, 0.5) is 0 Å². The Labute approximate surface area is 198 Å². The van der Waals surface area contributed by atoms with E-state index in [0.717, 1.165) is 23.4 Å². The normalized spacial score (nSPS) is 11.1. The number of hydrogen-bond donors (Lipinski definition) is 1. The van der Waals surface area contributed by atoms with E-state index in [9.17, 15) is 9.59 Å². The standard InChI is InChI=1S/C28H26N2O4/c1-29(17-16-21-8-4-2-5-9-21)27(31)20-30-19-22(12-15-28(32)33)25-18-24(13-14-26(25)30)34-23-10-6-3-7-11-23/h2-15,18-19H,16-17,20H2,1H3,(H,32,33)/b15-12+. The maximum atomic E-state index is 12.9. The number of carbonyl (C=O) groups is 2. The zero-order chi connectivity index (χ0) is 23.9. The summed E-state index contributed by atoms with van der Waals surface area (Å²) in [4.78, 5) is 25.8. The molecule has 0 aliphatic rings. The van der Waals surface area contributed by atoms with Gasteiger partial charge in [-0.2, -0.15) is 0 Å². The SMILES string of the molecule is CN(CCc1ccccc1)C(=O)Cn1cc(/C=C/C(=O)O)c2cc(Oc3ccccc3)ccc21. The molecule has 0 atom stereocenters. The summed E-state index contributed by atoms with van der Waals surface area (Å²) in [5.41, 5.74) is 2.71. The van der Waals surface area contributed by atoms with Crippen LogP contribution in [0.2, 0.25) is 0 Å². The minimum absolute atomic E-state index is 0.0220. The van der Waals surface area contributed by atoms with Crippen LogP contribution in [0.5, 0.6) is 11.5 Å². The van der Waals surface area contributed by atoms with Crippen molar-refractivity contribution in [1.82, 2.24) is 9.47 Å². The zero-order valence-electron chi connectivity index (χ0n) is 18.9. The van der Waals surface area contributed by atoms with Gasteiger partial charge in [-0.15, -0.1) is 0 Å². The Balaban J connectivity index is 1.56. The summed E-state index contributed by atoms with van der Waals surface area (Å²) in [5, 5.41) is 9.91. The number of carbonyl (C=O) groups excluding carboxylic acids is 1. The monoisotopic (exact) mass is 454 g/mol. The molecule has 1 N–H and O–H groups in total. The van der Waals surface area contributed by atoms with Gasteiger partial charge in [-0.05, 0) is 48.4 Å². The maximum Gasteiger partial charge on any atom is 0.328 e. The molecule has 34 heavy (non-hydrogen) atoms. The van der Waals surface area contributed by atoms with Crippen molar-refractivity contribution in [1.29, 1.82) is 0 Å². The molecule has 6 nitrogen and oxygen atoms in total. The largest absolute Gasteiger partial charge is 0.478 e. The van der Waals surface area contributed by atoms with Gasteiger partial charge in [0.2, 0.25) is 5.91 Å². The molecule has 6 heteroatoms. The number of aliphatic carboxylic acids is 1.